The molecule has 1 N–H and O–H groups in total. The van der Waals surface area contributed by atoms with Crippen molar-refractivity contribution in [2.45, 2.75) is 18.4 Å². The molecule has 3 aliphatic carbocycles. The lowest BCUT2D eigenvalue weighted by Crippen LogP contribution is -2.55. The monoisotopic (exact) mass is 424 g/mol. The van der Waals surface area contributed by atoms with E-state index < -0.39 is 23.4 Å². The molecule has 3 aromatic rings. The maximum Gasteiger partial charge on any atom is 0.303 e. The van der Waals surface area contributed by atoms with Crippen LogP contribution in [0.1, 0.15) is 35.1 Å². The van der Waals surface area contributed by atoms with Crippen molar-refractivity contribution in [1.82, 2.24) is 5.01 Å². The van der Waals surface area contributed by atoms with Gasteiger partial charge in [-0.3, -0.25) is 19.8 Å². The lowest BCUT2D eigenvalue weighted by Gasteiger charge is -2.52. The minimum absolute atomic E-state index is 0.288. The van der Waals surface area contributed by atoms with Gasteiger partial charge in [0, 0.05) is 24.0 Å². The minimum Gasteiger partial charge on any atom is -0.448 e. The molecular formula is C26H20N2O4. The van der Waals surface area contributed by atoms with Gasteiger partial charge in [-0.05, 0) is 23.3 Å². The fraction of sp³-hybridized carbons (Fsp3) is 0.192. The number of benzene rings is 3. The van der Waals surface area contributed by atoms with E-state index in [0.717, 1.165) is 27.3 Å². The van der Waals surface area contributed by atoms with E-state index in [1.807, 2.05) is 66.7 Å². The molecule has 0 unspecified atom stereocenters. The van der Waals surface area contributed by atoms with Crippen molar-refractivity contribution in [3.8, 4) is 0 Å². The van der Waals surface area contributed by atoms with Gasteiger partial charge in [0.1, 0.15) is 5.92 Å². The number of esters is 1. The van der Waals surface area contributed by atoms with Crippen LogP contribution in [0.15, 0.2) is 78.9 Å². The van der Waals surface area contributed by atoms with Crippen molar-refractivity contribution in [2.75, 3.05) is 5.43 Å². The van der Waals surface area contributed by atoms with Crippen molar-refractivity contribution >= 4 is 23.5 Å². The quantitative estimate of drug-likeness (QED) is 0.514. The van der Waals surface area contributed by atoms with Gasteiger partial charge in [0.2, 0.25) is 0 Å². The van der Waals surface area contributed by atoms with Gasteiger partial charge in [-0.25, -0.2) is 0 Å². The topological polar surface area (TPSA) is 75.7 Å². The molecular weight excluding hydrogens is 404 g/mol. The molecule has 0 saturated carbocycles. The Kier molecular flexibility index (Phi) is 3.84. The van der Waals surface area contributed by atoms with Crippen molar-refractivity contribution in [3.05, 3.63) is 101 Å². The van der Waals surface area contributed by atoms with Gasteiger partial charge in [0.15, 0.2) is 5.60 Å². The van der Waals surface area contributed by atoms with Crippen LogP contribution in [-0.2, 0) is 24.7 Å². The lowest BCUT2D eigenvalue weighted by atomic mass is 9.52. The number of hydrazine groups is 1. The van der Waals surface area contributed by atoms with Gasteiger partial charge < -0.3 is 4.74 Å². The van der Waals surface area contributed by atoms with Crippen LogP contribution in [0.5, 0.6) is 0 Å². The van der Waals surface area contributed by atoms with Crippen LogP contribution < -0.4 is 5.43 Å². The summed E-state index contributed by atoms with van der Waals surface area (Å²) in [6.07, 6.45) is 0. The first-order chi connectivity index (χ1) is 15.5. The fourth-order valence-corrected chi connectivity index (χ4v) is 5.85. The minimum atomic E-state index is -1.35. The Hall–Kier alpha value is -3.93. The van der Waals surface area contributed by atoms with Crippen LogP contribution in [0.2, 0.25) is 0 Å². The number of ether oxygens (including phenoxy) is 1. The van der Waals surface area contributed by atoms with E-state index in [9.17, 15) is 14.4 Å². The summed E-state index contributed by atoms with van der Waals surface area (Å²) in [4.78, 5) is 39.9. The number of hydrogen-bond acceptors (Lipinski definition) is 5. The first kappa shape index (κ1) is 18.8. The maximum absolute atomic E-state index is 13.8. The molecule has 0 aromatic heterocycles. The molecule has 3 aromatic carbocycles. The molecule has 6 nitrogen and oxygen atoms in total. The molecule has 1 heterocycles. The molecule has 158 valence electrons. The number of carbonyl (C=O) groups is 3. The molecule has 0 radical (unpaired) electrons. The molecule has 1 aliphatic heterocycles. The highest BCUT2D eigenvalue weighted by Crippen LogP contribution is 2.64. The first-order valence-electron chi connectivity index (χ1n) is 10.6. The summed E-state index contributed by atoms with van der Waals surface area (Å²) in [5, 5.41) is 1.10. The molecule has 0 spiro atoms. The highest BCUT2D eigenvalue weighted by Gasteiger charge is 2.70. The van der Waals surface area contributed by atoms with E-state index in [2.05, 4.69) is 5.43 Å². The zero-order valence-corrected chi connectivity index (χ0v) is 17.3. The third kappa shape index (κ3) is 2.26. The second-order valence-electron chi connectivity index (χ2n) is 8.47. The van der Waals surface area contributed by atoms with E-state index >= 15 is 0 Å². The number of para-hydroxylation sites is 1. The number of imide groups is 1. The summed E-state index contributed by atoms with van der Waals surface area (Å²) < 4.78 is 6.08. The Morgan fingerprint density at radius 2 is 1.41 bits per heavy atom. The van der Waals surface area contributed by atoms with E-state index in [0.29, 0.717) is 5.69 Å². The first-order valence-corrected chi connectivity index (χ1v) is 10.6. The second-order valence-corrected chi connectivity index (χ2v) is 8.47. The summed E-state index contributed by atoms with van der Waals surface area (Å²) in [7, 11) is 0. The molecule has 2 amide bonds. The lowest BCUT2D eigenvalue weighted by molar-refractivity contribution is -0.167. The van der Waals surface area contributed by atoms with Crippen molar-refractivity contribution in [2.24, 2.45) is 11.8 Å². The van der Waals surface area contributed by atoms with Gasteiger partial charge in [-0.1, -0.05) is 66.7 Å². The van der Waals surface area contributed by atoms with Crippen LogP contribution in [0.4, 0.5) is 5.69 Å². The molecule has 32 heavy (non-hydrogen) atoms. The molecule has 7 rings (SSSR count). The highest BCUT2D eigenvalue weighted by molar-refractivity contribution is 6.09. The van der Waals surface area contributed by atoms with Crippen molar-refractivity contribution in [3.63, 3.8) is 0 Å². The van der Waals surface area contributed by atoms with Gasteiger partial charge in [0.05, 0.1) is 11.6 Å². The Bertz CT molecular complexity index is 1240. The van der Waals surface area contributed by atoms with Crippen LogP contribution in [-0.4, -0.2) is 22.8 Å². The van der Waals surface area contributed by atoms with Gasteiger partial charge in [-0.15, -0.1) is 0 Å². The zero-order chi connectivity index (χ0) is 22.0. The fourth-order valence-electron chi connectivity index (χ4n) is 5.85. The third-order valence-electron chi connectivity index (χ3n) is 6.86. The average Bonchev–Trinajstić information content (AvgIpc) is 3.06. The largest absolute Gasteiger partial charge is 0.448 e. The van der Waals surface area contributed by atoms with Crippen molar-refractivity contribution in [1.29, 1.82) is 0 Å². The Morgan fingerprint density at radius 3 is 2.00 bits per heavy atom. The van der Waals surface area contributed by atoms with Crippen molar-refractivity contribution < 1.29 is 19.1 Å². The SMILES string of the molecule is CC(=O)OC12c3ccccc3C(c3ccccc31)[C@H]1C(=O)N(Nc3ccccc3)C(=O)[C@H]12. The van der Waals surface area contributed by atoms with E-state index in [4.69, 9.17) is 4.74 Å². The number of nitrogens with zero attached hydrogens (tertiary/aromatic N) is 1. The van der Waals surface area contributed by atoms with Gasteiger partial charge in [0.25, 0.3) is 11.8 Å². The smallest absolute Gasteiger partial charge is 0.303 e. The average molecular weight is 424 g/mol. The summed E-state index contributed by atoms with van der Waals surface area (Å²) in [6, 6.07) is 24.4. The van der Waals surface area contributed by atoms with E-state index in [1.54, 1.807) is 12.1 Å². The predicted molar refractivity (Wildman–Crippen MR) is 116 cm³/mol. The molecule has 2 atom stereocenters. The molecule has 1 fully saturated rings. The number of hydrogen-bond donors (Lipinski definition) is 1. The maximum atomic E-state index is 13.8. The molecule has 2 bridgehead atoms. The normalized spacial score (nSPS) is 26.9. The Balaban J connectivity index is 1.59. The third-order valence-corrected chi connectivity index (χ3v) is 6.86. The van der Waals surface area contributed by atoms with E-state index in [-0.39, 0.29) is 17.7 Å². The van der Waals surface area contributed by atoms with Crippen LogP contribution in [0.25, 0.3) is 0 Å². The number of amides is 2. The summed E-state index contributed by atoms with van der Waals surface area (Å²) >= 11 is 0. The predicted octanol–water partition coefficient (Wildman–Crippen LogP) is 3.58. The summed E-state index contributed by atoms with van der Waals surface area (Å²) in [5.74, 6) is -2.99. The van der Waals surface area contributed by atoms with Gasteiger partial charge in [-0.2, -0.15) is 5.01 Å². The highest BCUT2D eigenvalue weighted by atomic mass is 16.6. The molecule has 4 aliphatic rings. The second kappa shape index (κ2) is 6.53. The standard InChI is InChI=1S/C26H20N2O4/c1-15(29)32-26-19-13-7-5-11-17(19)21(18-12-6-8-14-20(18)26)22-23(26)25(31)28(24(22)30)27-16-9-3-2-4-10-16/h2-14,21-23,27H,1H3/t21?,22-,23+,26?/m1/s1. The molecule has 1 saturated heterocycles. The number of anilines is 1. The van der Waals surface area contributed by atoms with Crippen LogP contribution >= 0.6 is 0 Å². The van der Waals surface area contributed by atoms with Crippen LogP contribution in [0, 0.1) is 11.8 Å². The number of rotatable bonds is 3. The van der Waals surface area contributed by atoms with E-state index in [1.165, 1.54) is 6.92 Å². The van der Waals surface area contributed by atoms with Crippen LogP contribution in [0.3, 0.4) is 0 Å². The Morgan fingerprint density at radius 1 is 0.844 bits per heavy atom. The number of carbonyl (C=O) groups excluding carboxylic acids is 3. The zero-order valence-electron chi connectivity index (χ0n) is 17.3. The summed E-state index contributed by atoms with van der Waals surface area (Å²) in [6.45, 7) is 1.34. The van der Waals surface area contributed by atoms with Gasteiger partial charge >= 0.3 is 5.97 Å². The number of nitrogens with one attached hydrogen (secondary N) is 1. The molecule has 6 heteroatoms. The summed E-state index contributed by atoms with van der Waals surface area (Å²) in [5.41, 5.74) is 5.69. The Labute approximate surface area is 184 Å².